The van der Waals surface area contributed by atoms with Crippen LogP contribution in [0.1, 0.15) is 15.4 Å². The molecule has 1 aliphatic rings. The van der Waals surface area contributed by atoms with Crippen LogP contribution in [0.3, 0.4) is 0 Å². The SMILES string of the molecule is [2H]c1c(OC)c([2H])c2[nH]c3c(c2c1[2H])CCN(C)CC3. The van der Waals surface area contributed by atoms with Crippen LogP contribution in [-0.4, -0.2) is 37.1 Å². The summed E-state index contributed by atoms with van der Waals surface area (Å²) in [7, 11) is 3.53. The van der Waals surface area contributed by atoms with Crippen molar-refractivity contribution in [2.24, 2.45) is 0 Å². The molecule has 1 N–H and O–H groups in total. The van der Waals surface area contributed by atoms with Crippen molar-refractivity contribution >= 4 is 10.9 Å². The zero-order chi connectivity index (χ0) is 14.4. The first-order valence-electron chi connectivity index (χ1n) is 7.40. The van der Waals surface area contributed by atoms with E-state index in [-0.39, 0.29) is 23.9 Å². The van der Waals surface area contributed by atoms with Crippen molar-refractivity contribution in [1.82, 2.24) is 9.88 Å². The second-order valence-corrected chi connectivity index (χ2v) is 4.54. The molecule has 0 amide bonds. The maximum absolute atomic E-state index is 8.22. The van der Waals surface area contributed by atoms with Crippen molar-refractivity contribution in [3.8, 4) is 5.75 Å². The molecule has 0 saturated carbocycles. The van der Waals surface area contributed by atoms with Crippen LogP contribution in [0.25, 0.3) is 10.9 Å². The van der Waals surface area contributed by atoms with Gasteiger partial charge in [-0.15, -0.1) is 0 Å². The van der Waals surface area contributed by atoms with E-state index < -0.39 is 0 Å². The Morgan fingerprint density at radius 1 is 1.35 bits per heavy atom. The van der Waals surface area contributed by atoms with Gasteiger partial charge >= 0.3 is 0 Å². The van der Waals surface area contributed by atoms with E-state index in [0.717, 1.165) is 42.6 Å². The summed E-state index contributed by atoms with van der Waals surface area (Å²) in [6.07, 6.45) is 1.73. The highest BCUT2D eigenvalue weighted by Gasteiger charge is 2.16. The summed E-state index contributed by atoms with van der Waals surface area (Å²) < 4.78 is 29.5. The van der Waals surface area contributed by atoms with E-state index in [1.807, 2.05) is 0 Å². The van der Waals surface area contributed by atoms with Gasteiger partial charge in [0.25, 0.3) is 0 Å². The van der Waals surface area contributed by atoms with Crippen molar-refractivity contribution in [1.29, 1.82) is 0 Å². The molecule has 2 heterocycles. The van der Waals surface area contributed by atoms with E-state index >= 15 is 0 Å². The molecule has 90 valence electrons. The maximum Gasteiger partial charge on any atom is 0.120 e. The number of hydrogen-bond donors (Lipinski definition) is 1. The molecule has 0 aliphatic carbocycles. The third-order valence-electron chi connectivity index (χ3n) is 3.42. The van der Waals surface area contributed by atoms with Crippen LogP contribution in [0.4, 0.5) is 0 Å². The summed E-state index contributed by atoms with van der Waals surface area (Å²) in [5, 5.41) is 0.728. The van der Waals surface area contributed by atoms with E-state index in [0.29, 0.717) is 5.52 Å². The van der Waals surface area contributed by atoms with E-state index in [1.165, 1.54) is 7.11 Å². The van der Waals surface area contributed by atoms with Crippen molar-refractivity contribution in [2.75, 3.05) is 27.2 Å². The van der Waals surface area contributed by atoms with Crippen molar-refractivity contribution in [3.05, 3.63) is 29.4 Å². The van der Waals surface area contributed by atoms with Crippen LogP contribution in [0.2, 0.25) is 0 Å². The fraction of sp³-hybridized carbons (Fsp3) is 0.429. The Hall–Kier alpha value is -1.48. The van der Waals surface area contributed by atoms with Crippen molar-refractivity contribution in [2.45, 2.75) is 12.8 Å². The van der Waals surface area contributed by atoms with Gasteiger partial charge in [-0.3, -0.25) is 0 Å². The fourth-order valence-corrected chi connectivity index (χ4v) is 2.39. The van der Waals surface area contributed by atoms with Gasteiger partial charge in [-0.25, -0.2) is 0 Å². The number of likely N-dealkylation sites (N-methyl/N-ethyl adjacent to an activating group) is 1. The third-order valence-corrected chi connectivity index (χ3v) is 3.42. The number of aromatic amines is 1. The van der Waals surface area contributed by atoms with Gasteiger partial charge < -0.3 is 14.6 Å². The molecule has 0 bridgehead atoms. The van der Waals surface area contributed by atoms with Gasteiger partial charge in [0.15, 0.2) is 0 Å². The van der Waals surface area contributed by atoms with Crippen LogP contribution < -0.4 is 4.74 Å². The predicted octanol–water partition coefficient (Wildman–Crippen LogP) is 2.21. The molecule has 0 fully saturated rings. The molecule has 1 aromatic carbocycles. The molecule has 0 atom stereocenters. The van der Waals surface area contributed by atoms with Gasteiger partial charge in [0.05, 0.1) is 11.2 Å². The largest absolute Gasteiger partial charge is 0.497 e. The van der Waals surface area contributed by atoms with Gasteiger partial charge in [-0.2, -0.15) is 0 Å². The lowest BCUT2D eigenvalue weighted by atomic mass is 10.1. The topological polar surface area (TPSA) is 28.3 Å². The minimum Gasteiger partial charge on any atom is -0.497 e. The first-order chi connectivity index (χ1) is 9.54. The van der Waals surface area contributed by atoms with E-state index in [4.69, 9.17) is 8.85 Å². The zero-order valence-corrected chi connectivity index (χ0v) is 10.2. The smallest absolute Gasteiger partial charge is 0.120 e. The van der Waals surface area contributed by atoms with Crippen LogP contribution >= 0.6 is 0 Å². The molecule has 3 rings (SSSR count). The fourth-order valence-electron chi connectivity index (χ4n) is 2.39. The molecular formula is C14H18N2O. The lowest BCUT2D eigenvalue weighted by Crippen LogP contribution is -2.21. The van der Waals surface area contributed by atoms with Crippen LogP contribution in [0.15, 0.2) is 18.1 Å². The van der Waals surface area contributed by atoms with E-state index in [1.54, 1.807) is 0 Å². The number of ether oxygens (including phenoxy) is 1. The summed E-state index contributed by atoms with van der Waals surface area (Å²) >= 11 is 0. The standard InChI is InChI=1S/C14H18N2O/c1-16-7-5-12-11-4-3-10(17-2)9-14(11)15-13(12)6-8-16/h3-4,9,15H,5-8H2,1-2H3/i3D,4D,9D. The lowest BCUT2D eigenvalue weighted by molar-refractivity contribution is 0.352. The number of aromatic nitrogens is 1. The van der Waals surface area contributed by atoms with Crippen LogP contribution in [0.5, 0.6) is 5.75 Å². The Balaban J connectivity index is 2.30. The molecule has 3 heteroatoms. The van der Waals surface area contributed by atoms with Gasteiger partial charge in [-0.05, 0) is 31.1 Å². The van der Waals surface area contributed by atoms with Crippen LogP contribution in [-0.2, 0) is 12.8 Å². The number of nitrogens with zero attached hydrogens (tertiary/aromatic N) is 1. The second kappa shape index (κ2) is 4.08. The Bertz CT molecular complexity index is 681. The van der Waals surface area contributed by atoms with Crippen LogP contribution in [0, 0.1) is 0 Å². The lowest BCUT2D eigenvalue weighted by Gasteiger charge is -2.11. The Kier molecular flexibility index (Phi) is 1.86. The predicted molar refractivity (Wildman–Crippen MR) is 69.8 cm³/mol. The number of nitrogens with one attached hydrogen (secondary N) is 1. The quantitative estimate of drug-likeness (QED) is 0.818. The molecule has 1 aromatic heterocycles. The monoisotopic (exact) mass is 233 g/mol. The minimum absolute atomic E-state index is 0.00408. The van der Waals surface area contributed by atoms with Gasteiger partial charge in [0.2, 0.25) is 0 Å². The van der Waals surface area contributed by atoms with E-state index in [2.05, 4.69) is 16.9 Å². The highest BCUT2D eigenvalue weighted by molar-refractivity contribution is 5.86. The highest BCUT2D eigenvalue weighted by Crippen LogP contribution is 2.28. The Morgan fingerprint density at radius 3 is 3.00 bits per heavy atom. The molecule has 2 aromatic rings. The van der Waals surface area contributed by atoms with Crippen molar-refractivity contribution in [3.63, 3.8) is 0 Å². The summed E-state index contributed by atoms with van der Waals surface area (Å²) in [6, 6.07) is 0.351. The number of hydrogen-bond acceptors (Lipinski definition) is 2. The summed E-state index contributed by atoms with van der Waals surface area (Å²) in [5.74, 6) is 0.177. The maximum atomic E-state index is 8.22. The third kappa shape index (κ3) is 1.80. The first kappa shape index (κ1) is 7.77. The van der Waals surface area contributed by atoms with E-state index in [9.17, 15) is 0 Å². The first-order valence-corrected chi connectivity index (χ1v) is 5.90. The molecule has 0 radical (unpaired) electrons. The average Bonchev–Trinajstić information content (AvgIpc) is 2.70. The number of methoxy groups -OCH3 is 1. The average molecular weight is 233 g/mol. The number of benzene rings is 1. The molecule has 0 saturated heterocycles. The molecule has 17 heavy (non-hydrogen) atoms. The van der Waals surface area contributed by atoms with Crippen molar-refractivity contribution < 1.29 is 8.85 Å². The molecule has 0 spiro atoms. The number of fused-ring (bicyclic) bond motifs is 3. The summed E-state index contributed by atoms with van der Waals surface area (Å²) in [4.78, 5) is 5.55. The molecule has 3 nitrogen and oxygen atoms in total. The molecule has 0 unspecified atom stereocenters. The minimum atomic E-state index is 0.00408. The summed E-state index contributed by atoms with van der Waals surface area (Å²) in [5.41, 5.74) is 2.83. The Labute approximate surface area is 106 Å². The highest BCUT2D eigenvalue weighted by atomic mass is 16.5. The normalized spacial score (nSPS) is 19.3. The number of H-pyrrole nitrogens is 1. The molecule has 1 aliphatic heterocycles. The van der Waals surface area contributed by atoms with Gasteiger partial charge in [-0.1, -0.05) is 0 Å². The number of rotatable bonds is 1. The second-order valence-electron chi connectivity index (χ2n) is 4.54. The zero-order valence-electron chi connectivity index (χ0n) is 13.2. The van der Waals surface area contributed by atoms with Gasteiger partial charge in [0.1, 0.15) is 5.75 Å². The Morgan fingerprint density at radius 2 is 2.18 bits per heavy atom. The van der Waals surface area contributed by atoms with Gasteiger partial charge in [0, 0.05) is 42.1 Å². The molecular weight excluding hydrogens is 212 g/mol. The summed E-state index contributed by atoms with van der Waals surface area (Å²) in [6.45, 7) is 1.90.